The fourth-order valence-electron chi connectivity index (χ4n) is 4.65. The molecule has 3 N–H and O–H groups in total. The Labute approximate surface area is 229 Å². The van der Waals surface area contributed by atoms with E-state index in [9.17, 15) is 18.0 Å². The van der Waals surface area contributed by atoms with E-state index in [4.69, 9.17) is 9.72 Å². The minimum atomic E-state index is -4.40. The van der Waals surface area contributed by atoms with Crippen LogP contribution in [0.1, 0.15) is 31.2 Å². The second-order valence-electron chi connectivity index (χ2n) is 9.69. The first-order valence-electron chi connectivity index (χ1n) is 13.1. The number of carbonyl (C=O) groups excluding carboxylic acids is 1. The molecule has 2 aromatic heterocycles. The SMILES string of the molecule is Cc1ccc2c(NC(=O)CCC(F)(F)F)cccc2c1Oc1ncccc1-c1ccnc(N[C@H]2CCCNC2)n1. The van der Waals surface area contributed by atoms with Crippen molar-refractivity contribution in [1.29, 1.82) is 0 Å². The van der Waals surface area contributed by atoms with Crippen molar-refractivity contribution in [2.75, 3.05) is 23.7 Å². The van der Waals surface area contributed by atoms with E-state index >= 15 is 0 Å². The van der Waals surface area contributed by atoms with Gasteiger partial charge in [-0.25, -0.2) is 15.0 Å². The Morgan fingerprint density at radius 1 is 1.07 bits per heavy atom. The lowest BCUT2D eigenvalue weighted by atomic mass is 10.0. The van der Waals surface area contributed by atoms with Crippen LogP contribution in [0.4, 0.5) is 24.8 Å². The number of rotatable bonds is 8. The summed E-state index contributed by atoms with van der Waals surface area (Å²) in [6, 6.07) is 14.5. The van der Waals surface area contributed by atoms with Crippen molar-refractivity contribution < 1.29 is 22.7 Å². The number of halogens is 3. The summed E-state index contributed by atoms with van der Waals surface area (Å²) in [6.07, 6.45) is -0.804. The summed E-state index contributed by atoms with van der Waals surface area (Å²) < 4.78 is 44.1. The lowest BCUT2D eigenvalue weighted by Gasteiger charge is -2.23. The lowest BCUT2D eigenvalue weighted by Crippen LogP contribution is -2.38. The van der Waals surface area contributed by atoms with E-state index in [-0.39, 0.29) is 6.04 Å². The number of carbonyl (C=O) groups is 1. The fraction of sp³-hybridized carbons (Fsp3) is 0.310. The van der Waals surface area contributed by atoms with E-state index in [1.165, 1.54) is 0 Å². The van der Waals surface area contributed by atoms with Gasteiger partial charge in [0.2, 0.25) is 17.7 Å². The van der Waals surface area contributed by atoms with Gasteiger partial charge in [0.1, 0.15) is 5.75 Å². The van der Waals surface area contributed by atoms with Crippen LogP contribution in [0.5, 0.6) is 11.6 Å². The molecule has 0 spiro atoms. The minimum absolute atomic E-state index is 0.245. The number of piperidine rings is 1. The number of anilines is 2. The van der Waals surface area contributed by atoms with Crippen LogP contribution >= 0.6 is 0 Å². The number of fused-ring (bicyclic) bond motifs is 1. The molecule has 208 valence electrons. The van der Waals surface area contributed by atoms with E-state index in [0.717, 1.165) is 31.5 Å². The van der Waals surface area contributed by atoms with Crippen molar-refractivity contribution >= 4 is 28.3 Å². The van der Waals surface area contributed by atoms with Gasteiger partial charge in [-0.1, -0.05) is 24.3 Å². The maximum atomic E-state index is 12.6. The molecule has 11 heteroatoms. The Bertz CT molecular complexity index is 1510. The Morgan fingerprint density at radius 2 is 1.95 bits per heavy atom. The Kier molecular flexibility index (Phi) is 8.11. The van der Waals surface area contributed by atoms with E-state index in [1.807, 2.05) is 25.1 Å². The molecule has 0 saturated carbocycles. The van der Waals surface area contributed by atoms with Crippen molar-refractivity contribution in [3.63, 3.8) is 0 Å². The number of pyridine rings is 1. The normalized spacial score (nSPS) is 15.6. The number of nitrogens with one attached hydrogen (secondary N) is 3. The standard InChI is InChI=1S/C29H29F3N6O2/c1-18-9-10-20-21(6-2-8-23(20)37-25(39)11-13-29(30,31)32)26(18)40-27-22(7-4-15-34-27)24-12-16-35-28(38-24)36-19-5-3-14-33-17-19/h2,4,6-10,12,15-16,19,33H,3,5,11,13-14,17H2,1H3,(H,37,39)(H,35,36,38)/t19-/m0/s1. The van der Waals surface area contributed by atoms with Crippen LogP contribution in [-0.2, 0) is 4.79 Å². The van der Waals surface area contributed by atoms with Crippen LogP contribution in [-0.4, -0.2) is 46.2 Å². The molecule has 1 atom stereocenters. The average Bonchev–Trinajstić information content (AvgIpc) is 2.94. The number of aryl methyl sites for hydroxylation is 1. The van der Waals surface area contributed by atoms with Gasteiger partial charge in [-0.15, -0.1) is 0 Å². The number of hydrogen-bond acceptors (Lipinski definition) is 7. The predicted octanol–water partition coefficient (Wildman–Crippen LogP) is 6.24. The molecule has 2 aromatic carbocycles. The van der Waals surface area contributed by atoms with E-state index in [0.29, 0.717) is 45.3 Å². The molecule has 1 saturated heterocycles. The number of ether oxygens (including phenoxy) is 1. The van der Waals surface area contributed by atoms with Gasteiger partial charge in [-0.3, -0.25) is 4.79 Å². The third-order valence-electron chi connectivity index (χ3n) is 6.65. The molecule has 3 heterocycles. The molecule has 0 bridgehead atoms. The first kappa shape index (κ1) is 27.3. The van der Waals surface area contributed by atoms with Crippen molar-refractivity contribution in [3.05, 3.63) is 66.5 Å². The van der Waals surface area contributed by atoms with Gasteiger partial charge in [0.05, 0.1) is 17.7 Å². The van der Waals surface area contributed by atoms with Crippen molar-refractivity contribution in [1.82, 2.24) is 20.3 Å². The number of hydrogen-bond donors (Lipinski definition) is 3. The second kappa shape index (κ2) is 11.9. The smallest absolute Gasteiger partial charge is 0.389 e. The maximum absolute atomic E-state index is 12.6. The molecule has 0 radical (unpaired) electrons. The summed E-state index contributed by atoms with van der Waals surface area (Å²) in [5, 5.41) is 10.7. The molecule has 0 unspecified atom stereocenters. The highest BCUT2D eigenvalue weighted by Crippen LogP contribution is 2.38. The van der Waals surface area contributed by atoms with E-state index in [1.54, 1.807) is 42.7 Å². The highest BCUT2D eigenvalue weighted by atomic mass is 19.4. The maximum Gasteiger partial charge on any atom is 0.389 e. The molecule has 0 aliphatic carbocycles. The summed E-state index contributed by atoms with van der Waals surface area (Å²) in [5.41, 5.74) is 2.53. The summed E-state index contributed by atoms with van der Waals surface area (Å²) in [6.45, 7) is 3.74. The molecule has 4 aromatic rings. The Balaban J connectivity index is 1.43. The number of nitrogens with zero attached hydrogens (tertiary/aromatic N) is 3. The number of amides is 1. The fourth-order valence-corrected chi connectivity index (χ4v) is 4.65. The quantitative estimate of drug-likeness (QED) is 0.239. The van der Waals surface area contributed by atoms with Crippen LogP contribution in [0.25, 0.3) is 22.0 Å². The molecule has 1 fully saturated rings. The topological polar surface area (TPSA) is 101 Å². The molecule has 8 nitrogen and oxygen atoms in total. The van der Waals surface area contributed by atoms with Crippen LogP contribution in [0.3, 0.4) is 0 Å². The molecule has 1 amide bonds. The van der Waals surface area contributed by atoms with Gasteiger partial charge >= 0.3 is 6.18 Å². The molecule has 1 aliphatic rings. The molecule has 40 heavy (non-hydrogen) atoms. The van der Waals surface area contributed by atoms with Crippen molar-refractivity contribution in [2.24, 2.45) is 0 Å². The van der Waals surface area contributed by atoms with Gasteiger partial charge in [-0.2, -0.15) is 13.2 Å². The highest BCUT2D eigenvalue weighted by molar-refractivity contribution is 6.04. The van der Waals surface area contributed by atoms with Gasteiger partial charge in [0.25, 0.3) is 0 Å². The lowest BCUT2D eigenvalue weighted by molar-refractivity contribution is -0.142. The van der Waals surface area contributed by atoms with E-state index in [2.05, 4.69) is 25.9 Å². The van der Waals surface area contributed by atoms with Gasteiger partial charge in [0, 0.05) is 47.9 Å². The first-order chi connectivity index (χ1) is 19.3. The molecule has 5 rings (SSSR count). The van der Waals surface area contributed by atoms with Crippen molar-refractivity contribution in [3.8, 4) is 22.9 Å². The van der Waals surface area contributed by atoms with Crippen molar-refractivity contribution in [2.45, 2.75) is 44.8 Å². The largest absolute Gasteiger partial charge is 0.437 e. The van der Waals surface area contributed by atoms with Crippen LogP contribution < -0.4 is 20.7 Å². The van der Waals surface area contributed by atoms with Gasteiger partial charge in [-0.05, 0) is 56.1 Å². The second-order valence-corrected chi connectivity index (χ2v) is 9.69. The monoisotopic (exact) mass is 550 g/mol. The molecular weight excluding hydrogens is 521 g/mol. The third kappa shape index (κ3) is 6.66. The average molecular weight is 551 g/mol. The zero-order valence-electron chi connectivity index (χ0n) is 21.9. The van der Waals surface area contributed by atoms with Crippen LogP contribution in [0.2, 0.25) is 0 Å². The molecular formula is C29H29F3N6O2. The summed E-state index contributed by atoms with van der Waals surface area (Å²) in [4.78, 5) is 25.8. The van der Waals surface area contributed by atoms with Gasteiger partial charge in [0.15, 0.2) is 0 Å². The Morgan fingerprint density at radius 3 is 2.75 bits per heavy atom. The van der Waals surface area contributed by atoms with Gasteiger partial charge < -0.3 is 20.7 Å². The van der Waals surface area contributed by atoms with E-state index < -0.39 is 24.9 Å². The number of aromatic nitrogens is 3. The zero-order valence-corrected chi connectivity index (χ0v) is 21.9. The Hall–Kier alpha value is -4.25. The zero-order chi connectivity index (χ0) is 28.1. The number of benzene rings is 2. The summed E-state index contributed by atoms with van der Waals surface area (Å²) in [5.74, 6) is 0.663. The predicted molar refractivity (Wildman–Crippen MR) is 147 cm³/mol. The molecule has 1 aliphatic heterocycles. The van der Waals surface area contributed by atoms with Crippen LogP contribution in [0.15, 0.2) is 60.9 Å². The first-order valence-corrected chi connectivity index (χ1v) is 13.1. The minimum Gasteiger partial charge on any atom is -0.437 e. The third-order valence-corrected chi connectivity index (χ3v) is 6.65. The van der Waals surface area contributed by atoms with Crippen LogP contribution in [0, 0.1) is 6.92 Å². The summed E-state index contributed by atoms with van der Waals surface area (Å²) >= 11 is 0. The highest BCUT2D eigenvalue weighted by Gasteiger charge is 2.28. The summed E-state index contributed by atoms with van der Waals surface area (Å²) in [7, 11) is 0. The number of alkyl halides is 3.